The van der Waals surface area contributed by atoms with Crippen molar-refractivity contribution in [2.24, 2.45) is 0 Å². The summed E-state index contributed by atoms with van der Waals surface area (Å²) in [6.07, 6.45) is 0. The van der Waals surface area contributed by atoms with Crippen LogP contribution in [-0.4, -0.2) is 17.5 Å². The number of nitrogens with one attached hydrogen (secondary N) is 1. The van der Waals surface area contributed by atoms with Crippen LogP contribution in [0.25, 0.3) is 0 Å². The monoisotopic (exact) mass is 301 g/mol. The van der Waals surface area contributed by atoms with Gasteiger partial charge in [0, 0.05) is 21.9 Å². The largest absolute Gasteiger partial charge is 0.494 e. The quantitative estimate of drug-likeness (QED) is 0.880. The van der Waals surface area contributed by atoms with Gasteiger partial charge in [0.2, 0.25) is 0 Å². The molecule has 0 spiro atoms. The Kier molecular flexibility index (Phi) is 4.36. The van der Waals surface area contributed by atoms with Gasteiger partial charge < -0.3 is 15.2 Å². The fourth-order valence-electron chi connectivity index (χ4n) is 2.57. The Morgan fingerprint density at radius 2 is 2.14 bits per heavy atom. The van der Waals surface area contributed by atoms with Gasteiger partial charge in [-0.25, -0.2) is 0 Å². The summed E-state index contributed by atoms with van der Waals surface area (Å²) in [5.74, 6) is 1.79. The molecule has 110 valence electrons. The third-order valence-corrected chi connectivity index (χ3v) is 4.75. The second kappa shape index (κ2) is 6.41. The van der Waals surface area contributed by atoms with E-state index in [1.807, 2.05) is 36.9 Å². The third-order valence-electron chi connectivity index (χ3n) is 3.57. The van der Waals surface area contributed by atoms with E-state index >= 15 is 0 Å². The number of ether oxygens (including phenoxy) is 1. The Hall–Kier alpha value is -1.65. The first-order chi connectivity index (χ1) is 10.3. The fourth-order valence-corrected chi connectivity index (χ4v) is 3.73. The third kappa shape index (κ3) is 3.01. The lowest BCUT2D eigenvalue weighted by molar-refractivity contribution is 0.267. The summed E-state index contributed by atoms with van der Waals surface area (Å²) in [6.45, 7) is 2.53. The molecule has 0 fully saturated rings. The molecule has 0 aromatic heterocycles. The summed E-state index contributed by atoms with van der Waals surface area (Å²) in [4.78, 5) is 1.35. The maximum Gasteiger partial charge on any atom is 0.124 e. The van der Waals surface area contributed by atoms with Crippen molar-refractivity contribution in [3.8, 4) is 5.75 Å². The van der Waals surface area contributed by atoms with Gasteiger partial charge >= 0.3 is 0 Å². The molecule has 0 aliphatic carbocycles. The summed E-state index contributed by atoms with van der Waals surface area (Å²) in [7, 11) is 0. The highest BCUT2D eigenvalue weighted by molar-refractivity contribution is 7.99. The number of hydrogen-bond acceptors (Lipinski definition) is 4. The lowest BCUT2D eigenvalue weighted by atomic mass is 10.1. The Balaban J connectivity index is 1.80. The van der Waals surface area contributed by atoms with Crippen molar-refractivity contribution in [2.45, 2.75) is 24.5 Å². The van der Waals surface area contributed by atoms with E-state index < -0.39 is 0 Å². The normalized spacial score (nSPS) is 16.6. The molecule has 0 bridgehead atoms. The number of fused-ring (bicyclic) bond motifs is 1. The van der Waals surface area contributed by atoms with Crippen molar-refractivity contribution < 1.29 is 9.84 Å². The SMILES string of the molecule is CCOc1ccc(NC2CSc3ccccc32)cc1CO. The van der Waals surface area contributed by atoms with E-state index in [4.69, 9.17) is 4.74 Å². The number of anilines is 1. The number of hydrogen-bond donors (Lipinski definition) is 2. The number of thioether (sulfide) groups is 1. The minimum absolute atomic E-state index is 0.0130. The molecule has 0 amide bonds. The van der Waals surface area contributed by atoms with Crippen LogP contribution in [0.4, 0.5) is 5.69 Å². The second-order valence-electron chi connectivity index (χ2n) is 4.96. The van der Waals surface area contributed by atoms with Gasteiger partial charge in [0.15, 0.2) is 0 Å². The molecule has 21 heavy (non-hydrogen) atoms. The molecule has 1 heterocycles. The molecule has 2 N–H and O–H groups in total. The molecule has 3 rings (SSSR count). The molecule has 1 unspecified atom stereocenters. The summed E-state index contributed by atoms with van der Waals surface area (Å²) in [6, 6.07) is 14.7. The first-order valence-electron chi connectivity index (χ1n) is 7.16. The maximum absolute atomic E-state index is 9.48. The number of aliphatic hydroxyl groups excluding tert-OH is 1. The van der Waals surface area contributed by atoms with Gasteiger partial charge in [-0.05, 0) is 36.8 Å². The summed E-state index contributed by atoms with van der Waals surface area (Å²) in [5.41, 5.74) is 3.19. The molecule has 1 aliphatic heterocycles. The first-order valence-corrected chi connectivity index (χ1v) is 8.15. The van der Waals surface area contributed by atoms with Crippen LogP contribution in [0.15, 0.2) is 47.4 Å². The Labute approximate surface area is 129 Å². The van der Waals surface area contributed by atoms with Gasteiger partial charge in [0.1, 0.15) is 5.75 Å². The van der Waals surface area contributed by atoms with Crippen molar-refractivity contribution in [3.05, 3.63) is 53.6 Å². The topological polar surface area (TPSA) is 41.5 Å². The molecule has 2 aromatic carbocycles. The van der Waals surface area contributed by atoms with Gasteiger partial charge in [-0.2, -0.15) is 0 Å². The average Bonchev–Trinajstić information content (AvgIpc) is 2.92. The highest BCUT2D eigenvalue weighted by Crippen LogP contribution is 2.39. The van der Waals surface area contributed by atoms with E-state index in [9.17, 15) is 5.11 Å². The molecule has 2 aromatic rings. The zero-order valence-corrected chi connectivity index (χ0v) is 12.8. The smallest absolute Gasteiger partial charge is 0.124 e. The minimum atomic E-state index is -0.0130. The number of aliphatic hydroxyl groups is 1. The first kappa shape index (κ1) is 14.3. The van der Waals surface area contributed by atoms with E-state index in [1.165, 1.54) is 10.5 Å². The van der Waals surface area contributed by atoms with Gasteiger partial charge in [0.05, 0.1) is 19.3 Å². The van der Waals surface area contributed by atoms with Gasteiger partial charge in [-0.3, -0.25) is 0 Å². The average molecular weight is 301 g/mol. The van der Waals surface area contributed by atoms with Crippen molar-refractivity contribution in [1.82, 2.24) is 0 Å². The standard InChI is InChI=1S/C17H19NO2S/c1-2-20-16-8-7-13(9-12(16)10-19)18-15-11-21-17-6-4-3-5-14(15)17/h3-9,15,18-19H,2,10-11H2,1H3. The molecule has 1 aliphatic rings. The molecule has 0 radical (unpaired) electrons. The number of rotatable bonds is 5. The van der Waals surface area contributed by atoms with Gasteiger partial charge in [0.25, 0.3) is 0 Å². The Bertz CT molecular complexity index is 630. The van der Waals surface area contributed by atoms with E-state index in [1.54, 1.807) is 0 Å². The number of benzene rings is 2. The van der Waals surface area contributed by atoms with E-state index in [0.29, 0.717) is 12.6 Å². The lowest BCUT2D eigenvalue weighted by Crippen LogP contribution is -2.10. The molecule has 3 nitrogen and oxygen atoms in total. The van der Waals surface area contributed by atoms with E-state index in [2.05, 4.69) is 29.6 Å². The van der Waals surface area contributed by atoms with E-state index in [0.717, 1.165) is 22.8 Å². The minimum Gasteiger partial charge on any atom is -0.494 e. The predicted molar refractivity (Wildman–Crippen MR) is 87.1 cm³/mol. The highest BCUT2D eigenvalue weighted by atomic mass is 32.2. The maximum atomic E-state index is 9.48. The highest BCUT2D eigenvalue weighted by Gasteiger charge is 2.22. The zero-order valence-electron chi connectivity index (χ0n) is 12.0. The van der Waals surface area contributed by atoms with Crippen molar-refractivity contribution in [2.75, 3.05) is 17.7 Å². The molecular formula is C17H19NO2S. The summed E-state index contributed by atoms with van der Waals surface area (Å²) in [5, 5.41) is 13.0. The van der Waals surface area contributed by atoms with Crippen molar-refractivity contribution in [1.29, 1.82) is 0 Å². The summed E-state index contributed by atoms with van der Waals surface area (Å²) >= 11 is 1.88. The summed E-state index contributed by atoms with van der Waals surface area (Å²) < 4.78 is 5.52. The fraction of sp³-hybridized carbons (Fsp3) is 0.294. The van der Waals surface area contributed by atoms with E-state index in [-0.39, 0.29) is 6.61 Å². The van der Waals surface area contributed by atoms with Crippen molar-refractivity contribution in [3.63, 3.8) is 0 Å². The molecule has 4 heteroatoms. The second-order valence-corrected chi connectivity index (χ2v) is 6.02. The van der Waals surface area contributed by atoms with Crippen LogP contribution < -0.4 is 10.1 Å². The zero-order chi connectivity index (χ0) is 14.7. The van der Waals surface area contributed by atoms with Crippen LogP contribution in [0.3, 0.4) is 0 Å². The van der Waals surface area contributed by atoms with Gasteiger partial charge in [-0.15, -0.1) is 11.8 Å². The van der Waals surface area contributed by atoms with Gasteiger partial charge in [-0.1, -0.05) is 18.2 Å². The van der Waals surface area contributed by atoms with Crippen LogP contribution in [0, 0.1) is 0 Å². The molecular weight excluding hydrogens is 282 g/mol. The molecule has 1 atom stereocenters. The van der Waals surface area contributed by atoms with Crippen molar-refractivity contribution >= 4 is 17.4 Å². The predicted octanol–water partition coefficient (Wildman–Crippen LogP) is 3.84. The van der Waals surface area contributed by atoms with Crippen LogP contribution in [0.5, 0.6) is 5.75 Å². The lowest BCUT2D eigenvalue weighted by Gasteiger charge is -2.17. The Morgan fingerprint density at radius 1 is 1.29 bits per heavy atom. The van der Waals surface area contributed by atoms with Crippen LogP contribution in [0.2, 0.25) is 0 Å². The molecule has 0 saturated heterocycles. The van der Waals surface area contributed by atoms with Crippen LogP contribution in [0.1, 0.15) is 24.1 Å². The van der Waals surface area contributed by atoms with Crippen LogP contribution >= 0.6 is 11.8 Å². The Morgan fingerprint density at radius 3 is 2.95 bits per heavy atom. The molecule has 0 saturated carbocycles. The van der Waals surface area contributed by atoms with Crippen LogP contribution in [-0.2, 0) is 6.61 Å².